The van der Waals surface area contributed by atoms with Gasteiger partial charge in [0.1, 0.15) is 13.6 Å². The van der Waals surface area contributed by atoms with E-state index in [1.807, 2.05) is 0 Å². The Morgan fingerprint density at radius 2 is 1.33 bits per heavy atom. The van der Waals surface area contributed by atoms with Gasteiger partial charge in [0.15, 0.2) is 0 Å². The largest absolute Gasteiger partial charge is 0.388 e. The maximum Gasteiger partial charge on any atom is 0.343 e. The van der Waals surface area contributed by atoms with Gasteiger partial charge >= 0.3 is 7.66 Å². The SMILES string of the molecule is COP1(CO)=NP(OC)(OC)=NP(CO)(CO)=N1. The van der Waals surface area contributed by atoms with Crippen molar-refractivity contribution in [1.82, 2.24) is 0 Å². The summed E-state index contributed by atoms with van der Waals surface area (Å²) in [6.07, 6.45) is -1.34. The van der Waals surface area contributed by atoms with E-state index < -0.39 is 41.3 Å². The van der Waals surface area contributed by atoms with E-state index in [1.54, 1.807) is 0 Å². The molecule has 12 heteroatoms. The minimum absolute atomic E-state index is 0.446. The van der Waals surface area contributed by atoms with Gasteiger partial charge in [0.2, 0.25) is 7.43 Å². The summed E-state index contributed by atoms with van der Waals surface area (Å²) in [4.78, 5) is 0. The first-order chi connectivity index (χ1) is 8.49. The van der Waals surface area contributed by atoms with Crippen LogP contribution in [0.4, 0.5) is 0 Å². The molecule has 0 bridgehead atoms. The lowest BCUT2D eigenvalue weighted by Gasteiger charge is -2.30. The Balaban J connectivity index is 3.63. The van der Waals surface area contributed by atoms with Crippen LogP contribution in [-0.4, -0.2) is 55.7 Å². The normalized spacial score (nSPS) is 29.0. The molecule has 0 fully saturated rings. The molecule has 0 radical (unpaired) electrons. The average molecular weight is 321 g/mol. The van der Waals surface area contributed by atoms with Crippen molar-refractivity contribution in [3.63, 3.8) is 0 Å². The van der Waals surface area contributed by atoms with Crippen LogP contribution in [0.5, 0.6) is 0 Å². The van der Waals surface area contributed by atoms with Gasteiger partial charge in [-0.15, -0.1) is 0 Å². The summed E-state index contributed by atoms with van der Waals surface area (Å²) >= 11 is 0. The first-order valence-corrected chi connectivity index (χ1v) is 10.3. The average Bonchev–Trinajstić information content (AvgIpc) is 2.46. The summed E-state index contributed by atoms with van der Waals surface area (Å²) in [5.74, 6) is 0. The zero-order valence-corrected chi connectivity index (χ0v) is 13.1. The van der Waals surface area contributed by atoms with E-state index in [4.69, 9.17) is 13.6 Å². The molecule has 1 aliphatic heterocycles. The number of aliphatic hydroxyl groups is 3. The van der Waals surface area contributed by atoms with Crippen molar-refractivity contribution in [3.8, 4) is 0 Å². The molecule has 0 aromatic heterocycles. The Bertz CT molecular complexity index is 356. The Kier molecular flexibility index (Phi) is 5.75. The van der Waals surface area contributed by atoms with E-state index in [0.29, 0.717) is 0 Å². The molecule has 1 rings (SSSR count). The van der Waals surface area contributed by atoms with Gasteiger partial charge in [-0.2, -0.15) is 9.03 Å². The standard InChI is InChI=1S/C6H18N3O6P3/c1-13-17(6-12)7-16(4-10,5-11)8-18(9-17,14-2)15-3/h10-12H,4-6H2,1-3H3. The third-order valence-electron chi connectivity index (χ3n) is 2.24. The Morgan fingerprint density at radius 3 is 1.67 bits per heavy atom. The molecule has 108 valence electrons. The van der Waals surface area contributed by atoms with Crippen LogP contribution in [0.15, 0.2) is 13.5 Å². The van der Waals surface area contributed by atoms with Crippen LogP contribution in [-0.2, 0) is 13.6 Å². The molecule has 0 aliphatic carbocycles. The van der Waals surface area contributed by atoms with E-state index in [9.17, 15) is 15.3 Å². The van der Waals surface area contributed by atoms with Crippen molar-refractivity contribution < 1.29 is 28.9 Å². The van der Waals surface area contributed by atoms with Crippen molar-refractivity contribution >= 4 is 22.3 Å². The van der Waals surface area contributed by atoms with E-state index in [1.165, 1.54) is 21.3 Å². The van der Waals surface area contributed by atoms with Gasteiger partial charge in [-0.05, 0) is 0 Å². The highest BCUT2D eigenvalue weighted by Gasteiger charge is 2.37. The lowest BCUT2D eigenvalue weighted by atomic mass is 11.7. The summed E-state index contributed by atoms with van der Waals surface area (Å²) in [6, 6.07) is 0. The van der Waals surface area contributed by atoms with Crippen LogP contribution in [0.25, 0.3) is 0 Å². The van der Waals surface area contributed by atoms with E-state index in [0.717, 1.165) is 0 Å². The fourth-order valence-electron chi connectivity index (χ4n) is 1.27. The lowest BCUT2D eigenvalue weighted by Crippen LogP contribution is -2.01. The van der Waals surface area contributed by atoms with Gasteiger partial charge in [-0.25, -0.2) is 4.52 Å². The smallest absolute Gasteiger partial charge is 0.343 e. The lowest BCUT2D eigenvalue weighted by molar-refractivity contribution is 0.318. The molecule has 0 saturated carbocycles. The molecule has 0 amide bonds. The molecule has 1 heterocycles. The third-order valence-corrected chi connectivity index (χ3v) is 11.8. The molecule has 3 N–H and O–H groups in total. The van der Waals surface area contributed by atoms with Gasteiger partial charge in [0.05, 0.1) is 12.7 Å². The topological polar surface area (TPSA) is 125 Å². The van der Waals surface area contributed by atoms with Gasteiger partial charge in [0.25, 0.3) is 0 Å². The number of hydrogen-bond acceptors (Lipinski definition) is 9. The van der Waals surface area contributed by atoms with Crippen molar-refractivity contribution in [3.05, 3.63) is 0 Å². The second kappa shape index (κ2) is 6.27. The third kappa shape index (κ3) is 2.96. The molecule has 18 heavy (non-hydrogen) atoms. The first-order valence-electron chi connectivity index (χ1n) is 4.87. The summed E-state index contributed by atoms with van der Waals surface area (Å²) in [7, 11) is -4.69. The summed E-state index contributed by atoms with van der Waals surface area (Å²) in [6.45, 7) is 0. The van der Waals surface area contributed by atoms with E-state index in [2.05, 4.69) is 13.5 Å². The van der Waals surface area contributed by atoms with Crippen LogP contribution in [0.2, 0.25) is 0 Å². The molecular weight excluding hydrogens is 303 g/mol. The summed E-state index contributed by atoms with van der Waals surface area (Å²) < 4.78 is 28.1. The maximum atomic E-state index is 9.44. The quantitative estimate of drug-likeness (QED) is 0.641. The van der Waals surface area contributed by atoms with Crippen molar-refractivity contribution in [1.29, 1.82) is 0 Å². The van der Waals surface area contributed by atoms with Crippen LogP contribution >= 0.6 is 22.3 Å². The van der Waals surface area contributed by atoms with Crippen LogP contribution in [0.1, 0.15) is 0 Å². The summed E-state index contributed by atoms with van der Waals surface area (Å²) in [5.41, 5.74) is 0. The molecule has 1 aliphatic rings. The second-order valence-electron chi connectivity index (χ2n) is 3.27. The maximum absolute atomic E-state index is 9.44. The Labute approximate surface area is 106 Å². The molecule has 1 unspecified atom stereocenters. The molecule has 0 saturated heterocycles. The highest BCUT2D eigenvalue weighted by Crippen LogP contribution is 2.78. The number of aliphatic hydroxyl groups excluding tert-OH is 3. The van der Waals surface area contributed by atoms with Crippen molar-refractivity contribution in [2.45, 2.75) is 0 Å². The number of rotatable bonds is 6. The van der Waals surface area contributed by atoms with Gasteiger partial charge in [-0.1, -0.05) is 0 Å². The predicted octanol–water partition coefficient (Wildman–Crippen LogP) is 1.88. The number of nitrogens with zero attached hydrogens (tertiary/aromatic N) is 3. The van der Waals surface area contributed by atoms with Gasteiger partial charge < -0.3 is 28.9 Å². The Hall–Kier alpha value is 0.450. The molecular formula is C6H18N3O6P3. The second-order valence-corrected chi connectivity index (χ2v) is 11.4. The molecule has 1 atom stereocenters. The van der Waals surface area contributed by atoms with E-state index in [-0.39, 0.29) is 0 Å². The fraction of sp³-hybridized carbons (Fsp3) is 1.00. The minimum atomic E-state index is -3.01. The first kappa shape index (κ1) is 16.5. The molecule has 0 spiro atoms. The highest BCUT2D eigenvalue weighted by molar-refractivity contribution is 7.83. The van der Waals surface area contributed by atoms with Crippen molar-refractivity contribution in [2.75, 3.05) is 40.4 Å². The molecule has 0 aromatic rings. The van der Waals surface area contributed by atoms with Gasteiger partial charge in [0, 0.05) is 21.3 Å². The van der Waals surface area contributed by atoms with Gasteiger partial charge in [-0.3, -0.25) is 0 Å². The zero-order chi connectivity index (χ0) is 13.9. The van der Waals surface area contributed by atoms with Crippen molar-refractivity contribution in [2.24, 2.45) is 13.5 Å². The number of hydrogen-bond donors (Lipinski definition) is 3. The summed E-state index contributed by atoms with van der Waals surface area (Å²) in [5, 5.41) is 28.3. The highest BCUT2D eigenvalue weighted by atomic mass is 31.3. The molecule has 0 aromatic carbocycles. The molecule has 9 nitrogen and oxygen atoms in total. The van der Waals surface area contributed by atoms with E-state index >= 15 is 0 Å². The monoisotopic (exact) mass is 321 g/mol. The van der Waals surface area contributed by atoms with Crippen LogP contribution in [0, 0.1) is 0 Å². The Morgan fingerprint density at radius 1 is 0.778 bits per heavy atom. The minimum Gasteiger partial charge on any atom is -0.388 e. The van der Waals surface area contributed by atoms with Crippen LogP contribution < -0.4 is 0 Å². The van der Waals surface area contributed by atoms with Crippen LogP contribution in [0.3, 0.4) is 0 Å². The fourth-order valence-corrected chi connectivity index (χ4v) is 11.3. The zero-order valence-electron chi connectivity index (χ0n) is 10.4. The predicted molar refractivity (Wildman–Crippen MR) is 70.3 cm³/mol.